The number of nitrogens with two attached hydrogens (primary N) is 1. The van der Waals surface area contributed by atoms with Gasteiger partial charge in [0.1, 0.15) is 6.17 Å². The fourth-order valence-electron chi connectivity index (χ4n) is 1.90. The van der Waals surface area contributed by atoms with E-state index in [2.05, 4.69) is 0 Å². The number of alkyl halides is 1. The molecule has 1 rings (SSSR count). The first-order valence-electron chi connectivity index (χ1n) is 4.39. The highest BCUT2D eigenvalue weighted by Gasteiger charge is 2.50. The zero-order chi connectivity index (χ0) is 10.3. The number of hydrogen-bond donors (Lipinski definition) is 1. The molecule has 0 radical (unpaired) electrons. The Kier molecular flexibility index (Phi) is 2.69. The molecule has 3 nitrogen and oxygen atoms in total. The van der Waals surface area contributed by atoms with Crippen molar-refractivity contribution in [1.82, 2.24) is 0 Å². The van der Waals surface area contributed by atoms with Gasteiger partial charge in [0.05, 0.1) is 10.5 Å². The summed E-state index contributed by atoms with van der Waals surface area (Å²) in [5, 5.41) is 0. The molecule has 2 atom stereocenters. The van der Waals surface area contributed by atoms with E-state index in [-0.39, 0.29) is 12.3 Å². The van der Waals surface area contributed by atoms with Crippen molar-refractivity contribution in [2.24, 2.45) is 11.7 Å². The molecular formula is C8H16FNO2S. The monoisotopic (exact) mass is 209 g/mol. The van der Waals surface area contributed by atoms with E-state index >= 15 is 0 Å². The van der Waals surface area contributed by atoms with Crippen LogP contribution in [0.15, 0.2) is 0 Å². The molecule has 0 amide bonds. The minimum absolute atomic E-state index is 0.0884. The second kappa shape index (κ2) is 3.20. The summed E-state index contributed by atoms with van der Waals surface area (Å²) in [6.07, 6.45) is -0.805. The third kappa shape index (κ3) is 1.59. The lowest BCUT2D eigenvalue weighted by molar-refractivity contribution is 0.204. The molecule has 5 heteroatoms. The Hall–Kier alpha value is -0.160. The molecule has 2 unspecified atom stereocenters. The van der Waals surface area contributed by atoms with Crippen LogP contribution in [-0.4, -0.2) is 31.6 Å². The van der Waals surface area contributed by atoms with Crippen LogP contribution in [0.5, 0.6) is 0 Å². The van der Waals surface area contributed by atoms with Gasteiger partial charge in [-0.3, -0.25) is 0 Å². The van der Waals surface area contributed by atoms with Gasteiger partial charge in [0.25, 0.3) is 0 Å². The van der Waals surface area contributed by atoms with Crippen molar-refractivity contribution in [3.8, 4) is 0 Å². The van der Waals surface area contributed by atoms with Gasteiger partial charge in [-0.1, -0.05) is 0 Å². The van der Waals surface area contributed by atoms with E-state index in [1.165, 1.54) is 0 Å². The summed E-state index contributed by atoms with van der Waals surface area (Å²) in [6.45, 7) is 3.08. The van der Waals surface area contributed by atoms with E-state index in [9.17, 15) is 12.8 Å². The molecule has 13 heavy (non-hydrogen) atoms. The van der Waals surface area contributed by atoms with E-state index in [0.717, 1.165) is 0 Å². The summed E-state index contributed by atoms with van der Waals surface area (Å²) in [5.41, 5.74) is 5.19. The molecule has 1 aliphatic rings. The van der Waals surface area contributed by atoms with E-state index in [1.807, 2.05) is 0 Å². The van der Waals surface area contributed by atoms with Crippen molar-refractivity contribution in [3.05, 3.63) is 0 Å². The lowest BCUT2D eigenvalue weighted by Crippen LogP contribution is -2.40. The van der Waals surface area contributed by atoms with Crippen LogP contribution in [0.1, 0.15) is 20.3 Å². The first-order chi connectivity index (χ1) is 5.83. The maximum atomic E-state index is 13.3. The first kappa shape index (κ1) is 10.9. The Bertz CT molecular complexity index is 287. The Labute approximate surface area is 78.4 Å². The molecule has 1 saturated heterocycles. The van der Waals surface area contributed by atoms with E-state index in [4.69, 9.17) is 5.73 Å². The molecule has 0 saturated carbocycles. The van der Waals surface area contributed by atoms with Crippen LogP contribution in [0.4, 0.5) is 4.39 Å². The van der Waals surface area contributed by atoms with E-state index < -0.39 is 26.7 Å². The summed E-state index contributed by atoms with van der Waals surface area (Å²) in [6, 6.07) is 0. The normalized spacial score (nSPS) is 33.1. The molecule has 0 spiro atoms. The third-order valence-electron chi connectivity index (χ3n) is 3.05. The van der Waals surface area contributed by atoms with Gasteiger partial charge < -0.3 is 5.73 Å². The van der Waals surface area contributed by atoms with Crippen LogP contribution in [-0.2, 0) is 9.84 Å². The SMILES string of the molecule is CC1(C)C(C(F)CN)CCS1(=O)=O. The number of rotatable bonds is 2. The fraction of sp³-hybridized carbons (Fsp3) is 1.00. The summed E-state index contributed by atoms with van der Waals surface area (Å²) >= 11 is 0. The zero-order valence-electron chi connectivity index (χ0n) is 7.96. The first-order valence-corrected chi connectivity index (χ1v) is 6.04. The topological polar surface area (TPSA) is 60.2 Å². The lowest BCUT2D eigenvalue weighted by Gasteiger charge is -2.27. The molecule has 0 aromatic carbocycles. The average Bonchev–Trinajstić information content (AvgIpc) is 2.22. The molecule has 1 fully saturated rings. The Morgan fingerprint density at radius 1 is 1.62 bits per heavy atom. The van der Waals surface area contributed by atoms with Crippen molar-refractivity contribution < 1.29 is 12.8 Å². The molecule has 78 valence electrons. The van der Waals surface area contributed by atoms with Gasteiger partial charge in [-0.2, -0.15) is 0 Å². The summed E-state index contributed by atoms with van der Waals surface area (Å²) in [7, 11) is -3.12. The number of hydrogen-bond acceptors (Lipinski definition) is 3. The lowest BCUT2D eigenvalue weighted by atomic mass is 9.88. The molecular weight excluding hydrogens is 193 g/mol. The highest BCUT2D eigenvalue weighted by atomic mass is 32.2. The van der Waals surface area contributed by atoms with Crippen LogP contribution in [0.3, 0.4) is 0 Å². The predicted molar refractivity (Wildman–Crippen MR) is 49.9 cm³/mol. The van der Waals surface area contributed by atoms with Gasteiger partial charge in [0.15, 0.2) is 9.84 Å². The van der Waals surface area contributed by atoms with Gasteiger partial charge in [0, 0.05) is 12.5 Å². The molecule has 0 aromatic rings. The fourth-order valence-corrected chi connectivity index (χ4v) is 3.72. The standard InChI is InChI=1S/C8H16FNO2S/c1-8(2)6(7(9)5-10)3-4-13(8,11)12/h6-7H,3-5,10H2,1-2H3. The van der Waals surface area contributed by atoms with Gasteiger partial charge in [0.2, 0.25) is 0 Å². The van der Waals surface area contributed by atoms with Gasteiger partial charge in [-0.25, -0.2) is 12.8 Å². The zero-order valence-corrected chi connectivity index (χ0v) is 8.77. The minimum atomic E-state index is -3.12. The van der Waals surface area contributed by atoms with Crippen molar-refractivity contribution >= 4 is 9.84 Å². The van der Waals surface area contributed by atoms with E-state index in [1.54, 1.807) is 13.8 Å². The van der Waals surface area contributed by atoms with Crippen LogP contribution >= 0.6 is 0 Å². The molecule has 0 bridgehead atoms. The average molecular weight is 209 g/mol. The minimum Gasteiger partial charge on any atom is -0.328 e. The second-order valence-corrected chi connectivity index (χ2v) is 6.76. The summed E-state index contributed by atoms with van der Waals surface area (Å²) in [5.74, 6) is -0.354. The van der Waals surface area contributed by atoms with Crippen molar-refractivity contribution in [2.45, 2.75) is 31.2 Å². The molecule has 0 aliphatic carbocycles. The summed E-state index contributed by atoms with van der Waals surface area (Å²) < 4.78 is 35.3. The van der Waals surface area contributed by atoms with Gasteiger partial charge in [-0.05, 0) is 20.3 Å². The molecule has 0 aromatic heterocycles. The van der Waals surface area contributed by atoms with Gasteiger partial charge >= 0.3 is 0 Å². The van der Waals surface area contributed by atoms with Crippen LogP contribution in [0.2, 0.25) is 0 Å². The molecule has 1 heterocycles. The number of sulfone groups is 1. The second-order valence-electron chi connectivity index (χ2n) is 4.07. The predicted octanol–water partition coefficient (Wildman–Crippen LogP) is 0.497. The quantitative estimate of drug-likeness (QED) is 0.720. The van der Waals surface area contributed by atoms with Gasteiger partial charge in [-0.15, -0.1) is 0 Å². The Morgan fingerprint density at radius 3 is 2.46 bits per heavy atom. The molecule has 2 N–H and O–H groups in total. The Morgan fingerprint density at radius 2 is 2.15 bits per heavy atom. The number of halogens is 1. The van der Waals surface area contributed by atoms with Crippen molar-refractivity contribution in [2.75, 3.05) is 12.3 Å². The van der Waals surface area contributed by atoms with Crippen molar-refractivity contribution in [1.29, 1.82) is 0 Å². The summed E-state index contributed by atoms with van der Waals surface area (Å²) in [4.78, 5) is 0. The smallest absolute Gasteiger partial charge is 0.155 e. The maximum Gasteiger partial charge on any atom is 0.155 e. The van der Waals surface area contributed by atoms with Crippen molar-refractivity contribution in [3.63, 3.8) is 0 Å². The van der Waals surface area contributed by atoms with Crippen LogP contribution in [0.25, 0.3) is 0 Å². The highest BCUT2D eigenvalue weighted by molar-refractivity contribution is 7.93. The van der Waals surface area contributed by atoms with E-state index in [0.29, 0.717) is 6.42 Å². The molecule has 1 aliphatic heterocycles. The van der Waals surface area contributed by atoms with Crippen LogP contribution in [0, 0.1) is 5.92 Å². The largest absolute Gasteiger partial charge is 0.328 e. The highest BCUT2D eigenvalue weighted by Crippen LogP contribution is 2.39. The maximum absolute atomic E-state index is 13.3. The van der Waals surface area contributed by atoms with Crippen LogP contribution < -0.4 is 5.73 Å². The third-order valence-corrected chi connectivity index (χ3v) is 5.73. The Balaban J connectivity index is 2.95.